The van der Waals surface area contributed by atoms with Gasteiger partial charge in [-0.3, -0.25) is 0 Å². The summed E-state index contributed by atoms with van der Waals surface area (Å²) >= 11 is 1.72. The summed E-state index contributed by atoms with van der Waals surface area (Å²) in [6.07, 6.45) is 1.56. The maximum atomic E-state index is 4.26. The Balaban J connectivity index is 2.53. The van der Waals surface area contributed by atoms with Crippen LogP contribution in [0.4, 0.5) is 0 Å². The molecule has 0 aliphatic rings. The molecule has 1 N–H and O–H groups in total. The molecule has 0 fully saturated rings. The Bertz CT molecular complexity index is 449. The number of hydrogen-bond acceptors (Lipinski definition) is 4. The van der Waals surface area contributed by atoms with E-state index in [2.05, 4.69) is 33.8 Å². The van der Waals surface area contributed by atoms with Crippen molar-refractivity contribution in [3.05, 3.63) is 12.2 Å². The SMILES string of the molecule is Cc1nc2ncnc(SC(C)C)c2[nH]1. The van der Waals surface area contributed by atoms with Crippen molar-refractivity contribution in [1.29, 1.82) is 0 Å². The van der Waals surface area contributed by atoms with Gasteiger partial charge in [-0.15, -0.1) is 11.8 Å². The molecule has 5 heteroatoms. The molecule has 0 bridgehead atoms. The highest BCUT2D eigenvalue weighted by atomic mass is 32.2. The molecule has 0 radical (unpaired) electrons. The van der Waals surface area contributed by atoms with Crippen LogP contribution in [-0.4, -0.2) is 25.2 Å². The van der Waals surface area contributed by atoms with Gasteiger partial charge in [-0.2, -0.15) is 0 Å². The van der Waals surface area contributed by atoms with E-state index in [1.54, 1.807) is 18.1 Å². The molecule has 14 heavy (non-hydrogen) atoms. The number of thioether (sulfide) groups is 1. The van der Waals surface area contributed by atoms with Gasteiger partial charge in [-0.05, 0) is 6.92 Å². The molecular formula is C9H12N4S. The van der Waals surface area contributed by atoms with E-state index in [9.17, 15) is 0 Å². The Hall–Kier alpha value is -1.10. The lowest BCUT2D eigenvalue weighted by molar-refractivity contribution is 1.05. The molecule has 74 valence electrons. The van der Waals surface area contributed by atoms with Crippen LogP contribution in [0, 0.1) is 6.92 Å². The van der Waals surface area contributed by atoms with Gasteiger partial charge in [0.25, 0.3) is 0 Å². The number of aryl methyl sites for hydroxylation is 1. The van der Waals surface area contributed by atoms with E-state index in [1.807, 2.05) is 6.92 Å². The van der Waals surface area contributed by atoms with Crippen LogP contribution in [-0.2, 0) is 0 Å². The maximum Gasteiger partial charge on any atom is 0.181 e. The number of rotatable bonds is 2. The summed E-state index contributed by atoms with van der Waals surface area (Å²) in [4.78, 5) is 15.8. The van der Waals surface area contributed by atoms with Gasteiger partial charge in [-0.25, -0.2) is 15.0 Å². The highest BCUT2D eigenvalue weighted by molar-refractivity contribution is 8.00. The van der Waals surface area contributed by atoms with Gasteiger partial charge in [0.15, 0.2) is 5.65 Å². The van der Waals surface area contributed by atoms with Crippen molar-refractivity contribution in [3.63, 3.8) is 0 Å². The molecule has 0 aromatic carbocycles. The van der Waals surface area contributed by atoms with Crippen molar-refractivity contribution in [2.45, 2.75) is 31.0 Å². The standard InChI is InChI=1S/C9H12N4S/c1-5(2)14-9-7-8(10-4-11-9)13-6(3)12-7/h4-5H,1-3H3,(H,10,11,12,13). The largest absolute Gasteiger partial charge is 0.339 e. The molecule has 0 amide bonds. The molecule has 2 aromatic heterocycles. The molecule has 0 aliphatic carbocycles. The second-order valence-electron chi connectivity index (χ2n) is 3.37. The lowest BCUT2D eigenvalue weighted by Crippen LogP contribution is -1.91. The van der Waals surface area contributed by atoms with Crippen molar-refractivity contribution in [1.82, 2.24) is 19.9 Å². The van der Waals surface area contributed by atoms with Crippen molar-refractivity contribution in [2.75, 3.05) is 0 Å². The second kappa shape index (κ2) is 3.57. The first-order valence-electron chi connectivity index (χ1n) is 4.51. The van der Waals surface area contributed by atoms with E-state index in [0.29, 0.717) is 5.25 Å². The second-order valence-corrected chi connectivity index (χ2v) is 4.93. The molecule has 0 spiro atoms. The first-order chi connectivity index (χ1) is 6.66. The maximum absolute atomic E-state index is 4.26. The average molecular weight is 208 g/mol. The predicted molar refractivity (Wildman–Crippen MR) is 57.4 cm³/mol. The summed E-state index contributed by atoms with van der Waals surface area (Å²) in [7, 11) is 0. The normalized spacial score (nSPS) is 11.4. The van der Waals surface area contributed by atoms with Gasteiger partial charge in [0, 0.05) is 5.25 Å². The number of nitrogens with zero attached hydrogens (tertiary/aromatic N) is 3. The Morgan fingerprint density at radius 3 is 2.86 bits per heavy atom. The molecule has 2 heterocycles. The zero-order valence-corrected chi connectivity index (χ0v) is 9.22. The summed E-state index contributed by atoms with van der Waals surface area (Å²) in [5.41, 5.74) is 1.70. The third kappa shape index (κ3) is 1.72. The van der Waals surface area contributed by atoms with E-state index in [-0.39, 0.29) is 0 Å². The van der Waals surface area contributed by atoms with E-state index < -0.39 is 0 Å². The van der Waals surface area contributed by atoms with E-state index in [0.717, 1.165) is 22.0 Å². The number of hydrogen-bond donors (Lipinski definition) is 1. The number of H-pyrrole nitrogens is 1. The van der Waals surface area contributed by atoms with E-state index >= 15 is 0 Å². The molecule has 2 rings (SSSR count). The average Bonchev–Trinajstić information content (AvgIpc) is 2.45. The van der Waals surface area contributed by atoms with Crippen molar-refractivity contribution >= 4 is 22.9 Å². The van der Waals surface area contributed by atoms with Gasteiger partial charge in [0.1, 0.15) is 22.7 Å². The highest BCUT2D eigenvalue weighted by Gasteiger charge is 2.09. The lowest BCUT2D eigenvalue weighted by Gasteiger charge is -2.03. The number of nitrogens with one attached hydrogen (secondary N) is 1. The fourth-order valence-corrected chi connectivity index (χ4v) is 2.05. The molecule has 2 aromatic rings. The third-order valence-electron chi connectivity index (χ3n) is 1.72. The highest BCUT2D eigenvalue weighted by Crippen LogP contribution is 2.25. The number of aromatic nitrogens is 4. The summed E-state index contributed by atoms with van der Waals surface area (Å²) in [5.74, 6) is 0.881. The Morgan fingerprint density at radius 1 is 1.36 bits per heavy atom. The minimum Gasteiger partial charge on any atom is -0.339 e. The molecular weight excluding hydrogens is 196 g/mol. The van der Waals surface area contributed by atoms with Crippen LogP contribution in [0.1, 0.15) is 19.7 Å². The van der Waals surface area contributed by atoms with E-state index in [4.69, 9.17) is 0 Å². The van der Waals surface area contributed by atoms with Crippen LogP contribution in [0.2, 0.25) is 0 Å². The minimum absolute atomic E-state index is 0.511. The molecule has 4 nitrogen and oxygen atoms in total. The first kappa shape index (κ1) is 9.45. The molecule has 0 unspecified atom stereocenters. The molecule has 0 saturated heterocycles. The van der Waals surface area contributed by atoms with Crippen LogP contribution in [0.5, 0.6) is 0 Å². The molecule has 0 saturated carbocycles. The molecule has 0 aliphatic heterocycles. The van der Waals surface area contributed by atoms with Crippen LogP contribution in [0.25, 0.3) is 11.2 Å². The Morgan fingerprint density at radius 2 is 2.14 bits per heavy atom. The topological polar surface area (TPSA) is 54.5 Å². The lowest BCUT2D eigenvalue weighted by atomic mass is 10.6. The van der Waals surface area contributed by atoms with Crippen LogP contribution in [0.15, 0.2) is 11.4 Å². The van der Waals surface area contributed by atoms with Crippen molar-refractivity contribution in [3.8, 4) is 0 Å². The third-order valence-corrected chi connectivity index (χ3v) is 2.72. The van der Waals surface area contributed by atoms with Gasteiger partial charge >= 0.3 is 0 Å². The Kier molecular flexibility index (Phi) is 2.41. The Labute approximate surface area is 86.6 Å². The number of imidazole rings is 1. The summed E-state index contributed by atoms with van der Waals surface area (Å²) in [5, 5.41) is 1.49. The number of fused-ring (bicyclic) bond motifs is 1. The van der Waals surface area contributed by atoms with Crippen LogP contribution in [0.3, 0.4) is 0 Å². The summed E-state index contributed by atoms with van der Waals surface area (Å²) < 4.78 is 0. The monoisotopic (exact) mass is 208 g/mol. The zero-order chi connectivity index (χ0) is 10.1. The number of aromatic amines is 1. The van der Waals surface area contributed by atoms with Crippen molar-refractivity contribution in [2.24, 2.45) is 0 Å². The minimum atomic E-state index is 0.511. The smallest absolute Gasteiger partial charge is 0.181 e. The van der Waals surface area contributed by atoms with Crippen molar-refractivity contribution < 1.29 is 0 Å². The predicted octanol–water partition coefficient (Wildman–Crippen LogP) is 2.16. The van der Waals surface area contributed by atoms with Gasteiger partial charge in [0.05, 0.1) is 0 Å². The van der Waals surface area contributed by atoms with Gasteiger partial charge in [0.2, 0.25) is 0 Å². The van der Waals surface area contributed by atoms with Crippen LogP contribution >= 0.6 is 11.8 Å². The quantitative estimate of drug-likeness (QED) is 0.607. The van der Waals surface area contributed by atoms with Gasteiger partial charge in [-0.1, -0.05) is 13.8 Å². The summed E-state index contributed by atoms with van der Waals surface area (Å²) in [6.45, 7) is 6.20. The van der Waals surface area contributed by atoms with Gasteiger partial charge < -0.3 is 4.98 Å². The summed E-state index contributed by atoms with van der Waals surface area (Å²) in [6, 6.07) is 0. The van der Waals surface area contributed by atoms with E-state index in [1.165, 1.54) is 0 Å². The zero-order valence-electron chi connectivity index (χ0n) is 8.40. The fraction of sp³-hybridized carbons (Fsp3) is 0.444. The molecule has 0 atom stereocenters. The van der Waals surface area contributed by atoms with Crippen LogP contribution < -0.4 is 0 Å². The first-order valence-corrected chi connectivity index (χ1v) is 5.39. The fourth-order valence-electron chi connectivity index (χ4n) is 1.24.